The lowest BCUT2D eigenvalue weighted by atomic mass is 9.46. The number of hydrogen-bond donors (Lipinski definition) is 1. The summed E-state index contributed by atoms with van der Waals surface area (Å²) in [4.78, 5) is 11.3. The maximum Gasteiger partial charge on any atom is 0.178 e. The topological polar surface area (TPSA) is 37.3 Å². The molecule has 0 aromatic carbocycles. The second-order valence-corrected chi connectivity index (χ2v) is 10.2. The van der Waals surface area contributed by atoms with Crippen molar-refractivity contribution in [1.29, 1.82) is 0 Å². The molecule has 7 unspecified atom stereocenters. The number of alkyl halides is 2. The molecule has 4 aliphatic rings. The lowest BCUT2D eigenvalue weighted by molar-refractivity contribution is -0.111. The molecule has 7 atom stereocenters. The van der Waals surface area contributed by atoms with Crippen LogP contribution in [0.15, 0.2) is 23.8 Å². The zero-order valence-corrected chi connectivity index (χ0v) is 16.1. The maximum absolute atomic E-state index is 11.9. The van der Waals surface area contributed by atoms with Crippen LogP contribution < -0.4 is 0 Å². The van der Waals surface area contributed by atoms with Gasteiger partial charge in [0.2, 0.25) is 0 Å². The fraction of sp³-hybridized carbons (Fsp3) is 0.750. The van der Waals surface area contributed by atoms with Gasteiger partial charge in [-0.1, -0.05) is 25.5 Å². The first-order valence-corrected chi connectivity index (χ1v) is 9.87. The second kappa shape index (κ2) is 4.90. The molecule has 0 spiro atoms. The number of ketones is 1. The summed E-state index contributed by atoms with van der Waals surface area (Å²) in [5.41, 5.74) is -0.125. The van der Waals surface area contributed by atoms with E-state index in [0.717, 1.165) is 37.7 Å². The van der Waals surface area contributed by atoms with Crippen LogP contribution >= 0.6 is 23.2 Å². The third kappa shape index (κ3) is 1.81. The number of carbonyl (C=O) groups excluding carboxylic acids is 1. The molecule has 3 saturated carbocycles. The standard InChI is InChI=1S/C20H26Cl2O2/c1-17-8-6-13(23)10-12(17)4-5-15-14-7-9-19(3,24)18(14,2)11-16(21)20(15,17)22/h6,8,10,14-16,24H,4-5,7,9,11H2,1-3H3. The van der Waals surface area contributed by atoms with Gasteiger partial charge in [-0.3, -0.25) is 4.79 Å². The van der Waals surface area contributed by atoms with Crippen LogP contribution in [-0.4, -0.2) is 26.7 Å². The van der Waals surface area contributed by atoms with E-state index >= 15 is 0 Å². The van der Waals surface area contributed by atoms with Gasteiger partial charge in [0, 0.05) is 10.8 Å². The van der Waals surface area contributed by atoms with E-state index in [1.54, 1.807) is 12.2 Å². The minimum Gasteiger partial charge on any atom is -0.390 e. The Hall–Kier alpha value is -0.310. The molecule has 0 amide bonds. The van der Waals surface area contributed by atoms with Crippen molar-refractivity contribution in [2.45, 2.75) is 68.7 Å². The number of aliphatic hydroxyl groups is 1. The third-order valence-corrected chi connectivity index (χ3v) is 9.71. The molecule has 4 aliphatic carbocycles. The highest BCUT2D eigenvalue weighted by Gasteiger charge is 2.70. The molecule has 4 heteroatoms. The molecule has 0 saturated heterocycles. The Morgan fingerprint density at radius 2 is 1.92 bits per heavy atom. The Morgan fingerprint density at radius 1 is 1.21 bits per heavy atom. The molecule has 0 radical (unpaired) electrons. The maximum atomic E-state index is 11.9. The van der Waals surface area contributed by atoms with Gasteiger partial charge in [-0.15, -0.1) is 23.2 Å². The Labute approximate surface area is 154 Å². The lowest BCUT2D eigenvalue weighted by Crippen LogP contribution is -2.66. The molecule has 0 heterocycles. The molecule has 132 valence electrons. The number of halogens is 2. The summed E-state index contributed by atoms with van der Waals surface area (Å²) >= 11 is 14.4. The van der Waals surface area contributed by atoms with E-state index in [4.69, 9.17) is 23.2 Å². The molecular weight excluding hydrogens is 343 g/mol. The quantitative estimate of drug-likeness (QED) is 0.633. The largest absolute Gasteiger partial charge is 0.390 e. The predicted octanol–water partition coefficient (Wildman–Crippen LogP) is 4.62. The summed E-state index contributed by atoms with van der Waals surface area (Å²) in [5, 5.41) is 10.8. The summed E-state index contributed by atoms with van der Waals surface area (Å²) in [6.07, 6.45) is 9.79. The van der Waals surface area contributed by atoms with Gasteiger partial charge in [-0.25, -0.2) is 0 Å². The molecular formula is C20H26Cl2O2. The van der Waals surface area contributed by atoms with E-state index in [0.29, 0.717) is 5.92 Å². The van der Waals surface area contributed by atoms with Gasteiger partial charge in [0.1, 0.15) is 0 Å². The zero-order valence-electron chi connectivity index (χ0n) is 14.6. The fourth-order valence-corrected chi connectivity index (χ4v) is 7.60. The molecule has 0 aromatic rings. The summed E-state index contributed by atoms with van der Waals surface area (Å²) in [6, 6.07) is 0. The average molecular weight is 369 g/mol. The summed E-state index contributed by atoms with van der Waals surface area (Å²) in [5.74, 6) is 0.690. The summed E-state index contributed by atoms with van der Waals surface area (Å²) in [6.45, 7) is 6.31. The Balaban J connectivity index is 1.84. The van der Waals surface area contributed by atoms with Crippen molar-refractivity contribution in [2.24, 2.45) is 22.7 Å². The number of allylic oxidation sites excluding steroid dienone is 4. The van der Waals surface area contributed by atoms with Crippen LogP contribution in [0.1, 0.15) is 52.9 Å². The molecule has 4 rings (SSSR count). The van der Waals surface area contributed by atoms with Crippen LogP contribution in [-0.2, 0) is 4.79 Å². The van der Waals surface area contributed by atoms with Crippen LogP contribution in [0.5, 0.6) is 0 Å². The minimum atomic E-state index is -0.682. The third-order valence-electron chi connectivity index (χ3n) is 8.16. The highest BCUT2D eigenvalue weighted by Crippen LogP contribution is 2.71. The van der Waals surface area contributed by atoms with Crippen molar-refractivity contribution in [3.05, 3.63) is 23.8 Å². The molecule has 0 aromatic heterocycles. The summed E-state index contributed by atoms with van der Waals surface area (Å²) < 4.78 is 0. The van der Waals surface area contributed by atoms with Gasteiger partial charge in [0.05, 0.1) is 15.9 Å². The number of hydrogen-bond acceptors (Lipinski definition) is 2. The van der Waals surface area contributed by atoms with Crippen LogP contribution in [0.3, 0.4) is 0 Å². The smallest absolute Gasteiger partial charge is 0.178 e. The number of rotatable bonds is 0. The predicted molar refractivity (Wildman–Crippen MR) is 97.4 cm³/mol. The highest BCUT2D eigenvalue weighted by atomic mass is 35.5. The number of fused-ring (bicyclic) bond motifs is 5. The van der Waals surface area contributed by atoms with Gasteiger partial charge in [0.25, 0.3) is 0 Å². The molecule has 0 bridgehead atoms. The zero-order chi connectivity index (χ0) is 17.5. The SMILES string of the molecule is CC1(O)CCC2C3CCC4=CC(=O)C=CC4(C)C3(Cl)C(Cl)CC21C. The van der Waals surface area contributed by atoms with Gasteiger partial charge < -0.3 is 5.11 Å². The second-order valence-electron chi connectivity index (χ2n) is 9.03. The van der Waals surface area contributed by atoms with E-state index < -0.39 is 10.5 Å². The van der Waals surface area contributed by atoms with Gasteiger partial charge >= 0.3 is 0 Å². The first-order valence-electron chi connectivity index (χ1n) is 9.06. The van der Waals surface area contributed by atoms with Gasteiger partial charge in [-0.05, 0) is 63.0 Å². The average Bonchev–Trinajstić information content (AvgIpc) is 2.72. The van der Waals surface area contributed by atoms with Crippen LogP contribution in [0.2, 0.25) is 0 Å². The minimum absolute atomic E-state index is 0.0526. The van der Waals surface area contributed by atoms with E-state index in [9.17, 15) is 9.90 Å². The lowest BCUT2D eigenvalue weighted by Gasteiger charge is -2.63. The number of carbonyl (C=O) groups is 1. The van der Waals surface area contributed by atoms with Crippen molar-refractivity contribution < 1.29 is 9.90 Å². The molecule has 0 aliphatic heterocycles. The normalized spacial score (nSPS) is 56.3. The van der Waals surface area contributed by atoms with Crippen molar-refractivity contribution in [3.63, 3.8) is 0 Å². The van der Waals surface area contributed by atoms with E-state index in [1.807, 2.05) is 13.0 Å². The van der Waals surface area contributed by atoms with Crippen molar-refractivity contribution >= 4 is 29.0 Å². The fourth-order valence-electron chi connectivity index (χ4n) is 6.37. The van der Waals surface area contributed by atoms with E-state index in [1.165, 1.54) is 0 Å². The van der Waals surface area contributed by atoms with Crippen LogP contribution in [0.25, 0.3) is 0 Å². The Morgan fingerprint density at radius 3 is 2.62 bits per heavy atom. The van der Waals surface area contributed by atoms with Crippen LogP contribution in [0, 0.1) is 22.7 Å². The van der Waals surface area contributed by atoms with Crippen molar-refractivity contribution in [3.8, 4) is 0 Å². The molecule has 2 nitrogen and oxygen atoms in total. The first-order chi connectivity index (χ1) is 11.1. The monoisotopic (exact) mass is 368 g/mol. The summed E-state index contributed by atoms with van der Waals surface area (Å²) in [7, 11) is 0. The Bertz CT molecular complexity index is 667. The molecule has 1 N–H and O–H groups in total. The first kappa shape index (κ1) is 17.1. The van der Waals surface area contributed by atoms with Crippen LogP contribution in [0.4, 0.5) is 0 Å². The van der Waals surface area contributed by atoms with E-state index in [-0.39, 0.29) is 27.9 Å². The van der Waals surface area contributed by atoms with Gasteiger partial charge in [0.15, 0.2) is 5.78 Å². The van der Waals surface area contributed by atoms with E-state index in [2.05, 4.69) is 13.8 Å². The van der Waals surface area contributed by atoms with Crippen molar-refractivity contribution in [2.75, 3.05) is 0 Å². The van der Waals surface area contributed by atoms with Crippen molar-refractivity contribution in [1.82, 2.24) is 0 Å². The molecule has 3 fully saturated rings. The molecule has 24 heavy (non-hydrogen) atoms. The highest BCUT2D eigenvalue weighted by molar-refractivity contribution is 6.34. The van der Waals surface area contributed by atoms with Gasteiger partial charge in [-0.2, -0.15) is 0 Å². The Kier molecular flexibility index (Phi) is 3.49.